The van der Waals surface area contributed by atoms with Crippen molar-refractivity contribution in [3.8, 4) is 0 Å². The van der Waals surface area contributed by atoms with Crippen LogP contribution < -0.4 is 22.9 Å². The first-order valence-electron chi connectivity index (χ1n) is 5.99. The molecule has 0 aromatic heterocycles. The maximum atomic E-state index is 3.47. The summed E-state index contributed by atoms with van der Waals surface area (Å²) < 4.78 is 0. The molecule has 0 aromatic rings. The molecule has 0 bridgehead atoms. The summed E-state index contributed by atoms with van der Waals surface area (Å²) in [4.78, 5) is 0. The van der Waals surface area contributed by atoms with E-state index < -0.39 is 0 Å². The van der Waals surface area contributed by atoms with E-state index in [1.165, 1.54) is 12.8 Å². The Kier molecular flexibility index (Phi) is 17.1. The maximum Gasteiger partial charge on any atom is 0.00104 e. The first-order chi connectivity index (χ1) is 6.52. The molecule has 8 N–H and O–H groups in total. The molecule has 0 aliphatic carbocycles. The van der Waals surface area contributed by atoms with Gasteiger partial charge in [-0.25, -0.2) is 0 Å². The highest BCUT2D eigenvalue weighted by Gasteiger charge is 2.02. The van der Waals surface area contributed by atoms with E-state index in [1.807, 2.05) is 0 Å². The molecule has 0 rings (SSSR count). The van der Waals surface area contributed by atoms with Crippen molar-refractivity contribution in [2.24, 2.45) is 5.92 Å². The lowest BCUT2D eigenvalue weighted by Gasteiger charge is -2.15. The van der Waals surface area contributed by atoms with Gasteiger partial charge in [0.2, 0.25) is 0 Å². The van der Waals surface area contributed by atoms with Gasteiger partial charge in [0.15, 0.2) is 0 Å². The Balaban J connectivity index is -0.000000845. The fraction of sp³-hybridized carbons (Fsp3) is 1.00. The van der Waals surface area contributed by atoms with Crippen LogP contribution in [0.3, 0.4) is 0 Å². The van der Waals surface area contributed by atoms with E-state index in [4.69, 9.17) is 0 Å². The van der Waals surface area contributed by atoms with Crippen LogP contribution in [0.4, 0.5) is 0 Å². The smallest absolute Gasteiger partial charge is 0.00104 e. The molecule has 0 radical (unpaired) electrons. The van der Waals surface area contributed by atoms with Gasteiger partial charge in [0.1, 0.15) is 0 Å². The highest BCUT2D eigenvalue weighted by molar-refractivity contribution is 4.61. The number of hydrogen-bond acceptors (Lipinski definition) is 4. The van der Waals surface area contributed by atoms with Gasteiger partial charge >= 0.3 is 0 Å². The van der Waals surface area contributed by atoms with Crippen LogP contribution in [0.25, 0.3) is 0 Å². The Hall–Kier alpha value is -0.160. The third-order valence-electron chi connectivity index (χ3n) is 2.30. The molecule has 4 nitrogen and oxygen atoms in total. The summed E-state index contributed by atoms with van der Waals surface area (Å²) >= 11 is 0. The first-order valence-corrected chi connectivity index (χ1v) is 5.99. The van der Waals surface area contributed by atoms with Crippen molar-refractivity contribution in [2.75, 3.05) is 13.1 Å². The van der Waals surface area contributed by atoms with Gasteiger partial charge in [-0.3, -0.25) is 0 Å². The van der Waals surface area contributed by atoms with Crippen molar-refractivity contribution in [2.45, 2.75) is 59.5 Å². The minimum atomic E-state index is 0. The van der Waals surface area contributed by atoms with Gasteiger partial charge in [-0.2, -0.15) is 0 Å². The predicted molar refractivity (Wildman–Crippen MR) is 74.7 cm³/mol. The van der Waals surface area contributed by atoms with Crippen LogP contribution in [0.2, 0.25) is 0 Å². The number of nitrogens with one attached hydrogen (secondary N) is 2. The minimum absolute atomic E-state index is 0. The summed E-state index contributed by atoms with van der Waals surface area (Å²) in [7, 11) is 0. The second kappa shape index (κ2) is 12.9. The topological polar surface area (TPSA) is 94.1 Å². The molecular weight excluding hydrogens is 200 g/mol. The quantitative estimate of drug-likeness (QED) is 0.486. The molecule has 1 unspecified atom stereocenters. The van der Waals surface area contributed by atoms with Crippen LogP contribution >= 0.6 is 0 Å². The Morgan fingerprint density at radius 3 is 1.75 bits per heavy atom. The third-order valence-corrected chi connectivity index (χ3v) is 2.30. The normalized spacial score (nSPS) is 12.2. The first kappa shape index (κ1) is 21.2. The standard InChI is InChI=1S/C12H28N2.2H3N/c1-10(2)13-8-6-7-12(5)9-14-11(3)4;;/h10-14H,6-9H2,1-5H3;2*1H3. The zero-order valence-electron chi connectivity index (χ0n) is 12.0. The highest BCUT2D eigenvalue weighted by Crippen LogP contribution is 2.03. The molecule has 4 heteroatoms. The molecule has 16 heavy (non-hydrogen) atoms. The van der Waals surface area contributed by atoms with Crippen LogP contribution in [-0.4, -0.2) is 25.2 Å². The van der Waals surface area contributed by atoms with Gasteiger partial charge in [-0.1, -0.05) is 34.6 Å². The minimum Gasteiger partial charge on any atom is -0.344 e. The lowest BCUT2D eigenvalue weighted by Crippen LogP contribution is -2.29. The van der Waals surface area contributed by atoms with Crippen molar-refractivity contribution in [3.05, 3.63) is 0 Å². The van der Waals surface area contributed by atoms with E-state index in [0.717, 1.165) is 19.0 Å². The summed E-state index contributed by atoms with van der Waals surface area (Å²) in [5.74, 6) is 0.798. The van der Waals surface area contributed by atoms with Crippen LogP contribution in [0.1, 0.15) is 47.5 Å². The zero-order chi connectivity index (χ0) is 11.0. The van der Waals surface area contributed by atoms with Crippen LogP contribution in [-0.2, 0) is 0 Å². The van der Waals surface area contributed by atoms with E-state index in [2.05, 4.69) is 45.3 Å². The SMILES string of the molecule is CC(CCCNC(C)C)CNC(C)C.N.N. The summed E-state index contributed by atoms with van der Waals surface area (Å²) in [6.07, 6.45) is 2.61. The van der Waals surface area contributed by atoms with Crippen molar-refractivity contribution in [1.82, 2.24) is 22.9 Å². The summed E-state index contributed by atoms with van der Waals surface area (Å²) in [5, 5.41) is 6.92. The van der Waals surface area contributed by atoms with Crippen molar-refractivity contribution in [1.29, 1.82) is 0 Å². The molecule has 1 atom stereocenters. The van der Waals surface area contributed by atoms with Crippen molar-refractivity contribution in [3.63, 3.8) is 0 Å². The average molecular weight is 234 g/mol. The Bertz CT molecular complexity index is 126. The van der Waals surface area contributed by atoms with E-state index >= 15 is 0 Å². The van der Waals surface area contributed by atoms with Gasteiger partial charge in [0.25, 0.3) is 0 Å². The van der Waals surface area contributed by atoms with E-state index in [9.17, 15) is 0 Å². The molecule has 0 fully saturated rings. The van der Waals surface area contributed by atoms with Gasteiger partial charge < -0.3 is 22.9 Å². The van der Waals surface area contributed by atoms with Crippen LogP contribution in [0.5, 0.6) is 0 Å². The number of hydrogen-bond donors (Lipinski definition) is 4. The fourth-order valence-electron chi connectivity index (χ4n) is 1.38. The van der Waals surface area contributed by atoms with Gasteiger partial charge in [0, 0.05) is 12.1 Å². The van der Waals surface area contributed by atoms with E-state index in [0.29, 0.717) is 12.1 Å². The molecular formula is C12H34N4. The lowest BCUT2D eigenvalue weighted by atomic mass is 10.1. The summed E-state index contributed by atoms with van der Waals surface area (Å²) in [6.45, 7) is 13.4. The molecule has 0 saturated heterocycles. The zero-order valence-corrected chi connectivity index (χ0v) is 12.0. The molecule has 0 aliphatic rings. The van der Waals surface area contributed by atoms with Gasteiger partial charge in [0.05, 0.1) is 0 Å². The Labute approximate surface area is 102 Å². The second-order valence-electron chi connectivity index (χ2n) is 4.92. The van der Waals surface area contributed by atoms with Crippen LogP contribution in [0.15, 0.2) is 0 Å². The van der Waals surface area contributed by atoms with Crippen molar-refractivity contribution < 1.29 is 0 Å². The Morgan fingerprint density at radius 1 is 0.812 bits per heavy atom. The predicted octanol–water partition coefficient (Wildman–Crippen LogP) is 2.72. The largest absolute Gasteiger partial charge is 0.344 e. The molecule has 0 spiro atoms. The molecule has 0 aliphatic heterocycles. The third kappa shape index (κ3) is 16.3. The summed E-state index contributed by atoms with van der Waals surface area (Å²) in [6, 6.07) is 1.24. The fourth-order valence-corrected chi connectivity index (χ4v) is 1.38. The van der Waals surface area contributed by atoms with Crippen molar-refractivity contribution >= 4 is 0 Å². The van der Waals surface area contributed by atoms with E-state index in [1.54, 1.807) is 0 Å². The molecule has 0 saturated carbocycles. The molecule has 0 amide bonds. The average Bonchev–Trinajstić information content (AvgIpc) is 2.08. The second-order valence-corrected chi connectivity index (χ2v) is 4.92. The molecule has 102 valence electrons. The monoisotopic (exact) mass is 234 g/mol. The Morgan fingerprint density at radius 2 is 1.31 bits per heavy atom. The summed E-state index contributed by atoms with van der Waals surface area (Å²) in [5.41, 5.74) is 0. The van der Waals surface area contributed by atoms with E-state index in [-0.39, 0.29) is 12.3 Å². The highest BCUT2D eigenvalue weighted by atomic mass is 14.9. The molecule has 0 heterocycles. The lowest BCUT2D eigenvalue weighted by molar-refractivity contribution is 0.431. The van der Waals surface area contributed by atoms with Gasteiger partial charge in [-0.05, 0) is 31.8 Å². The van der Waals surface area contributed by atoms with Crippen LogP contribution in [0, 0.1) is 5.92 Å². The maximum absolute atomic E-state index is 3.47. The number of rotatable bonds is 8. The molecule has 0 aromatic carbocycles. The van der Waals surface area contributed by atoms with Gasteiger partial charge in [-0.15, -0.1) is 0 Å².